The number of halogens is 3. The molecule has 0 saturated carbocycles. The van der Waals surface area contributed by atoms with Crippen LogP contribution in [0.3, 0.4) is 0 Å². The van der Waals surface area contributed by atoms with E-state index in [-0.39, 0.29) is 17.3 Å². The highest BCUT2D eigenvalue weighted by atomic mass is 19.4. The minimum Gasteiger partial charge on any atom is -0.435 e. The Kier molecular flexibility index (Phi) is 3.99. The number of carbonyl (C=O) groups is 1. The van der Waals surface area contributed by atoms with E-state index in [2.05, 4.69) is 4.98 Å². The number of nitrogens with zero attached hydrogens (tertiary/aromatic N) is 2. The Balaban J connectivity index is 1.86. The van der Waals surface area contributed by atoms with Crippen LogP contribution in [-0.4, -0.2) is 15.5 Å². The van der Waals surface area contributed by atoms with Crippen molar-refractivity contribution in [3.63, 3.8) is 0 Å². The molecule has 0 aliphatic heterocycles. The van der Waals surface area contributed by atoms with Gasteiger partial charge in [-0.15, -0.1) is 0 Å². The highest BCUT2D eigenvalue weighted by Gasteiger charge is 2.30. The first-order chi connectivity index (χ1) is 13.3. The predicted molar refractivity (Wildman–Crippen MR) is 97.4 cm³/mol. The van der Waals surface area contributed by atoms with Gasteiger partial charge in [-0.2, -0.15) is 13.2 Å². The van der Waals surface area contributed by atoms with Crippen LogP contribution < -0.4 is 5.73 Å². The summed E-state index contributed by atoms with van der Waals surface area (Å²) in [4.78, 5) is 16.0. The van der Waals surface area contributed by atoms with E-state index in [1.807, 2.05) is 35.9 Å². The maximum Gasteiger partial charge on any atom is 0.416 e. The van der Waals surface area contributed by atoms with Crippen LogP contribution in [0.2, 0.25) is 0 Å². The summed E-state index contributed by atoms with van der Waals surface area (Å²) >= 11 is 0. The molecule has 2 heterocycles. The molecule has 0 radical (unpaired) electrons. The van der Waals surface area contributed by atoms with Crippen LogP contribution in [-0.2, 0) is 13.2 Å². The van der Waals surface area contributed by atoms with E-state index in [9.17, 15) is 18.0 Å². The molecule has 0 aliphatic carbocycles. The van der Waals surface area contributed by atoms with Crippen LogP contribution in [0.25, 0.3) is 33.7 Å². The molecule has 0 aliphatic rings. The molecule has 0 saturated heterocycles. The van der Waals surface area contributed by atoms with Crippen molar-refractivity contribution in [1.29, 1.82) is 0 Å². The lowest BCUT2D eigenvalue weighted by Crippen LogP contribution is -2.12. The highest BCUT2D eigenvalue weighted by molar-refractivity contribution is 6.03. The number of alkyl halides is 3. The molecule has 28 heavy (non-hydrogen) atoms. The molecule has 1 amide bonds. The smallest absolute Gasteiger partial charge is 0.416 e. The summed E-state index contributed by atoms with van der Waals surface area (Å²) in [6.45, 7) is 0. The van der Waals surface area contributed by atoms with Crippen LogP contribution in [0, 0.1) is 0 Å². The van der Waals surface area contributed by atoms with Crippen LogP contribution in [0.1, 0.15) is 16.1 Å². The van der Waals surface area contributed by atoms with Gasteiger partial charge in [-0.25, -0.2) is 4.98 Å². The molecule has 2 aromatic heterocycles. The Morgan fingerprint density at radius 3 is 2.43 bits per heavy atom. The van der Waals surface area contributed by atoms with E-state index in [0.29, 0.717) is 11.1 Å². The van der Waals surface area contributed by atoms with E-state index in [1.54, 1.807) is 6.20 Å². The molecule has 142 valence electrons. The van der Waals surface area contributed by atoms with Crippen LogP contribution >= 0.6 is 0 Å². The Hall–Kier alpha value is -3.55. The average Bonchev–Trinajstić information content (AvgIpc) is 3.23. The maximum atomic E-state index is 12.8. The fourth-order valence-corrected chi connectivity index (χ4v) is 3.12. The van der Waals surface area contributed by atoms with E-state index >= 15 is 0 Å². The number of oxazole rings is 1. The molecule has 4 rings (SSSR count). The first-order valence-electron chi connectivity index (χ1n) is 8.28. The van der Waals surface area contributed by atoms with Crippen molar-refractivity contribution in [2.75, 3.05) is 0 Å². The van der Waals surface area contributed by atoms with Gasteiger partial charge in [-0.1, -0.05) is 18.2 Å². The van der Waals surface area contributed by atoms with Gasteiger partial charge in [-0.05, 0) is 30.3 Å². The molecule has 0 unspecified atom stereocenters. The first kappa shape index (κ1) is 17.8. The number of hydrogen-bond acceptors (Lipinski definition) is 3. The van der Waals surface area contributed by atoms with Gasteiger partial charge in [0, 0.05) is 35.3 Å². The number of primary amides is 1. The summed E-state index contributed by atoms with van der Waals surface area (Å²) < 4.78 is 46.0. The summed E-state index contributed by atoms with van der Waals surface area (Å²) in [5.41, 5.74) is 6.44. The third kappa shape index (κ3) is 2.92. The number of fused-ring (bicyclic) bond motifs is 1. The highest BCUT2D eigenvalue weighted by Crippen LogP contribution is 2.36. The second kappa shape index (κ2) is 6.26. The zero-order chi connectivity index (χ0) is 20.1. The average molecular weight is 385 g/mol. The normalized spacial score (nSPS) is 11.9. The number of amides is 1. The number of para-hydroxylation sites is 1. The van der Waals surface area contributed by atoms with Crippen LogP contribution in [0.5, 0.6) is 0 Å². The second-order valence-electron chi connectivity index (χ2n) is 6.31. The van der Waals surface area contributed by atoms with Crippen molar-refractivity contribution in [3.8, 4) is 22.8 Å². The third-order valence-electron chi connectivity index (χ3n) is 4.46. The Labute approximate surface area is 157 Å². The molecular weight excluding hydrogens is 371 g/mol. The van der Waals surface area contributed by atoms with Crippen molar-refractivity contribution in [2.24, 2.45) is 12.8 Å². The zero-order valence-corrected chi connectivity index (χ0v) is 14.6. The zero-order valence-electron chi connectivity index (χ0n) is 14.6. The number of aryl methyl sites for hydroxylation is 1. The Morgan fingerprint density at radius 2 is 1.79 bits per heavy atom. The van der Waals surface area contributed by atoms with Crippen molar-refractivity contribution in [3.05, 3.63) is 66.0 Å². The quantitative estimate of drug-likeness (QED) is 0.559. The molecule has 4 aromatic rings. The molecule has 0 fully saturated rings. The molecule has 0 spiro atoms. The standard InChI is InChI=1S/C20H14F3N3O2/c1-26-10-14(13-4-2-3-5-15(13)26)17-16(18(24)27)25-19(28-17)11-6-8-12(9-7-11)20(21,22)23/h2-10H,1H3,(H2,24,27). The third-order valence-corrected chi connectivity index (χ3v) is 4.46. The maximum absolute atomic E-state index is 12.8. The number of nitrogens with two attached hydrogens (primary N) is 1. The lowest BCUT2D eigenvalue weighted by Gasteiger charge is -2.06. The Bertz CT molecular complexity index is 1190. The van der Waals surface area contributed by atoms with Crippen LogP contribution in [0.15, 0.2) is 59.1 Å². The molecule has 2 aromatic carbocycles. The summed E-state index contributed by atoms with van der Waals surface area (Å²) in [6, 6.07) is 11.9. The molecule has 8 heteroatoms. The van der Waals surface area contributed by atoms with Crippen molar-refractivity contribution >= 4 is 16.8 Å². The first-order valence-corrected chi connectivity index (χ1v) is 8.28. The molecule has 0 atom stereocenters. The molecule has 0 bridgehead atoms. The summed E-state index contributed by atoms with van der Waals surface area (Å²) in [7, 11) is 1.85. The predicted octanol–water partition coefficient (Wildman–Crippen LogP) is 4.62. The topological polar surface area (TPSA) is 74.1 Å². The number of rotatable bonds is 3. The summed E-state index contributed by atoms with van der Waals surface area (Å²) in [5, 5.41) is 0.836. The van der Waals surface area contributed by atoms with Crippen molar-refractivity contribution in [1.82, 2.24) is 9.55 Å². The van der Waals surface area contributed by atoms with Gasteiger partial charge in [0.1, 0.15) is 0 Å². The van der Waals surface area contributed by atoms with E-state index in [1.165, 1.54) is 12.1 Å². The van der Waals surface area contributed by atoms with Crippen molar-refractivity contribution in [2.45, 2.75) is 6.18 Å². The minimum absolute atomic E-state index is 0.0189. The van der Waals surface area contributed by atoms with E-state index in [0.717, 1.165) is 23.0 Å². The Morgan fingerprint density at radius 1 is 1.11 bits per heavy atom. The number of hydrogen-bond donors (Lipinski definition) is 1. The van der Waals surface area contributed by atoms with E-state index < -0.39 is 17.6 Å². The van der Waals surface area contributed by atoms with Gasteiger partial charge in [0.05, 0.1) is 5.56 Å². The number of carbonyl (C=O) groups excluding carboxylic acids is 1. The summed E-state index contributed by atoms with van der Waals surface area (Å²) in [6.07, 6.45) is -2.66. The number of benzene rings is 2. The summed E-state index contributed by atoms with van der Waals surface area (Å²) in [5.74, 6) is -0.588. The number of aromatic nitrogens is 2. The fraction of sp³-hybridized carbons (Fsp3) is 0.100. The largest absolute Gasteiger partial charge is 0.435 e. The molecule has 5 nitrogen and oxygen atoms in total. The lowest BCUT2D eigenvalue weighted by molar-refractivity contribution is -0.137. The molecule has 2 N–H and O–H groups in total. The van der Waals surface area contributed by atoms with Gasteiger partial charge in [0.2, 0.25) is 5.89 Å². The van der Waals surface area contributed by atoms with Gasteiger partial charge < -0.3 is 14.7 Å². The van der Waals surface area contributed by atoms with Gasteiger partial charge >= 0.3 is 6.18 Å². The van der Waals surface area contributed by atoms with Gasteiger partial charge in [0.25, 0.3) is 5.91 Å². The van der Waals surface area contributed by atoms with Gasteiger partial charge in [0.15, 0.2) is 11.5 Å². The minimum atomic E-state index is -4.44. The van der Waals surface area contributed by atoms with E-state index in [4.69, 9.17) is 10.2 Å². The fourth-order valence-electron chi connectivity index (χ4n) is 3.12. The SMILES string of the molecule is Cn1cc(-c2oc(-c3ccc(C(F)(F)F)cc3)nc2C(N)=O)c2ccccc21. The van der Waals surface area contributed by atoms with Crippen molar-refractivity contribution < 1.29 is 22.4 Å². The monoisotopic (exact) mass is 385 g/mol. The van der Waals surface area contributed by atoms with Gasteiger partial charge in [-0.3, -0.25) is 4.79 Å². The van der Waals surface area contributed by atoms with Crippen LogP contribution in [0.4, 0.5) is 13.2 Å². The lowest BCUT2D eigenvalue weighted by atomic mass is 10.1. The molecular formula is C20H14F3N3O2. The second-order valence-corrected chi connectivity index (χ2v) is 6.31.